The topological polar surface area (TPSA) is 96.9 Å². The number of carbonyl (C=O) groups is 2. The fraction of sp³-hybridized carbons (Fsp3) is 0.556. The molecule has 7 heteroatoms. The molecule has 0 aromatic heterocycles. The zero-order valence-electron chi connectivity index (χ0n) is 14.2. The van der Waals surface area contributed by atoms with E-state index in [1.165, 1.54) is 0 Å². The highest BCUT2D eigenvalue weighted by Crippen LogP contribution is 2.42. The zero-order chi connectivity index (χ0) is 17.7. The van der Waals surface area contributed by atoms with Crippen molar-refractivity contribution in [2.24, 2.45) is 0 Å². The third-order valence-electron chi connectivity index (χ3n) is 4.76. The van der Waals surface area contributed by atoms with Gasteiger partial charge in [-0.15, -0.1) is 0 Å². The fourth-order valence-electron chi connectivity index (χ4n) is 3.51. The van der Waals surface area contributed by atoms with Gasteiger partial charge in [0, 0.05) is 13.0 Å². The van der Waals surface area contributed by atoms with Crippen molar-refractivity contribution in [2.45, 2.75) is 44.1 Å². The van der Waals surface area contributed by atoms with E-state index in [1.807, 2.05) is 18.2 Å². The Kier molecular flexibility index (Phi) is 5.31. The molecule has 3 rings (SSSR count). The van der Waals surface area contributed by atoms with Gasteiger partial charge in [-0.05, 0) is 37.0 Å². The number of hydrogen-bond acceptors (Lipinski definition) is 4. The summed E-state index contributed by atoms with van der Waals surface area (Å²) in [5.41, 5.74) is 0.613. The van der Waals surface area contributed by atoms with Crippen molar-refractivity contribution in [3.8, 4) is 11.5 Å². The van der Waals surface area contributed by atoms with Gasteiger partial charge in [-0.3, -0.25) is 4.79 Å². The van der Waals surface area contributed by atoms with Crippen LogP contribution in [0.5, 0.6) is 11.5 Å². The lowest BCUT2D eigenvalue weighted by atomic mass is 9.88. The van der Waals surface area contributed by atoms with Gasteiger partial charge in [0.1, 0.15) is 13.2 Å². The molecule has 2 amide bonds. The van der Waals surface area contributed by atoms with Crippen LogP contribution < -0.4 is 20.1 Å². The first-order valence-corrected chi connectivity index (χ1v) is 8.77. The molecule has 1 aromatic carbocycles. The highest BCUT2D eigenvalue weighted by atomic mass is 16.6. The molecule has 0 bridgehead atoms. The molecule has 1 aromatic rings. The number of carboxylic acids is 1. The maximum absolute atomic E-state index is 12.3. The Labute approximate surface area is 146 Å². The second kappa shape index (κ2) is 7.63. The molecule has 0 spiro atoms. The van der Waals surface area contributed by atoms with Crippen LogP contribution in [-0.4, -0.2) is 36.9 Å². The molecular weight excluding hydrogens is 324 g/mol. The molecule has 1 aliphatic heterocycles. The Bertz CT molecular complexity index is 640. The summed E-state index contributed by atoms with van der Waals surface area (Å²) in [5.74, 6) is 0.603. The predicted octanol–water partition coefficient (Wildman–Crippen LogP) is 2.39. The Balaban J connectivity index is 1.67. The highest BCUT2D eigenvalue weighted by molar-refractivity contribution is 5.75. The van der Waals surface area contributed by atoms with Crippen LogP contribution in [0.15, 0.2) is 18.2 Å². The Morgan fingerprint density at radius 2 is 1.84 bits per heavy atom. The lowest BCUT2D eigenvalue weighted by Crippen LogP contribution is -2.48. The summed E-state index contributed by atoms with van der Waals surface area (Å²) in [6, 6.07) is 5.59. The molecule has 136 valence electrons. The van der Waals surface area contributed by atoms with Crippen LogP contribution in [-0.2, 0) is 10.3 Å². The van der Waals surface area contributed by atoms with Gasteiger partial charge in [0.25, 0.3) is 0 Å². The molecule has 0 atom stereocenters. The van der Waals surface area contributed by atoms with Gasteiger partial charge in [0.05, 0.1) is 5.54 Å². The summed E-state index contributed by atoms with van der Waals surface area (Å²) in [6.07, 6.45) is 4.30. The quantitative estimate of drug-likeness (QED) is 0.686. The molecule has 0 radical (unpaired) electrons. The van der Waals surface area contributed by atoms with E-state index in [1.54, 1.807) is 0 Å². The van der Waals surface area contributed by atoms with Crippen molar-refractivity contribution in [1.29, 1.82) is 0 Å². The van der Waals surface area contributed by atoms with Crippen LogP contribution in [0, 0.1) is 0 Å². The van der Waals surface area contributed by atoms with E-state index in [4.69, 9.17) is 14.6 Å². The van der Waals surface area contributed by atoms with Gasteiger partial charge in [-0.2, -0.15) is 0 Å². The zero-order valence-corrected chi connectivity index (χ0v) is 14.2. The van der Waals surface area contributed by atoms with Crippen molar-refractivity contribution in [3.63, 3.8) is 0 Å². The first kappa shape index (κ1) is 17.4. The predicted molar refractivity (Wildman–Crippen MR) is 91.0 cm³/mol. The number of amides is 2. The van der Waals surface area contributed by atoms with Gasteiger partial charge in [-0.1, -0.05) is 18.9 Å². The maximum Gasteiger partial charge on any atom is 0.315 e. The minimum Gasteiger partial charge on any atom is -0.486 e. The van der Waals surface area contributed by atoms with E-state index < -0.39 is 11.5 Å². The number of urea groups is 1. The van der Waals surface area contributed by atoms with Crippen molar-refractivity contribution in [3.05, 3.63) is 23.8 Å². The highest BCUT2D eigenvalue weighted by Gasteiger charge is 2.37. The molecule has 1 fully saturated rings. The Morgan fingerprint density at radius 1 is 1.12 bits per heavy atom. The van der Waals surface area contributed by atoms with Crippen LogP contribution >= 0.6 is 0 Å². The van der Waals surface area contributed by atoms with Gasteiger partial charge in [-0.25, -0.2) is 4.79 Å². The van der Waals surface area contributed by atoms with Gasteiger partial charge in [0.2, 0.25) is 0 Å². The number of benzene rings is 1. The molecule has 2 aliphatic rings. The summed E-state index contributed by atoms with van der Waals surface area (Å²) >= 11 is 0. The molecule has 1 aliphatic carbocycles. The number of rotatable bonds is 6. The molecule has 0 saturated heterocycles. The van der Waals surface area contributed by atoms with Crippen LogP contribution in [0.3, 0.4) is 0 Å². The molecular formula is C18H24N2O5. The monoisotopic (exact) mass is 348 g/mol. The van der Waals surface area contributed by atoms with Gasteiger partial charge in [0.15, 0.2) is 11.5 Å². The number of hydrogen-bond donors (Lipinski definition) is 3. The van der Waals surface area contributed by atoms with E-state index in [0.29, 0.717) is 26.2 Å². The average molecular weight is 348 g/mol. The largest absolute Gasteiger partial charge is 0.486 e. The van der Waals surface area contributed by atoms with Crippen molar-refractivity contribution < 1.29 is 24.2 Å². The van der Waals surface area contributed by atoms with Crippen LogP contribution in [0.25, 0.3) is 0 Å². The van der Waals surface area contributed by atoms with Crippen LogP contribution in [0.4, 0.5) is 4.79 Å². The number of carbonyl (C=O) groups excluding carboxylic acids is 1. The first-order valence-electron chi connectivity index (χ1n) is 8.77. The molecule has 25 heavy (non-hydrogen) atoms. The van der Waals surface area contributed by atoms with E-state index in [2.05, 4.69) is 10.6 Å². The minimum atomic E-state index is -0.856. The average Bonchev–Trinajstić information content (AvgIpc) is 3.08. The van der Waals surface area contributed by atoms with Gasteiger partial charge < -0.3 is 25.2 Å². The second-order valence-electron chi connectivity index (χ2n) is 6.53. The molecule has 1 saturated carbocycles. The van der Waals surface area contributed by atoms with Gasteiger partial charge >= 0.3 is 12.0 Å². The fourth-order valence-corrected chi connectivity index (χ4v) is 3.51. The number of nitrogens with one attached hydrogen (secondary N) is 2. The number of carboxylic acid groups (broad SMARTS) is 1. The van der Waals surface area contributed by atoms with Crippen molar-refractivity contribution in [1.82, 2.24) is 10.6 Å². The number of aliphatic carboxylic acids is 1. The first-order chi connectivity index (χ1) is 12.1. The van der Waals surface area contributed by atoms with E-state index >= 15 is 0 Å². The molecule has 7 nitrogen and oxygen atoms in total. The van der Waals surface area contributed by atoms with Crippen molar-refractivity contribution in [2.75, 3.05) is 19.8 Å². The van der Waals surface area contributed by atoms with Crippen LogP contribution in [0.1, 0.15) is 44.1 Å². The van der Waals surface area contributed by atoms with Crippen LogP contribution in [0.2, 0.25) is 0 Å². The lowest BCUT2D eigenvalue weighted by Gasteiger charge is -2.32. The van der Waals surface area contributed by atoms with E-state index in [9.17, 15) is 9.59 Å². The van der Waals surface area contributed by atoms with E-state index in [-0.39, 0.29) is 12.5 Å². The summed E-state index contributed by atoms with van der Waals surface area (Å²) in [7, 11) is 0. The smallest absolute Gasteiger partial charge is 0.315 e. The summed E-state index contributed by atoms with van der Waals surface area (Å²) in [4.78, 5) is 22.8. The Hall–Kier alpha value is -2.44. The normalized spacial score (nSPS) is 17.8. The summed E-state index contributed by atoms with van der Waals surface area (Å²) in [6.45, 7) is 1.42. The van der Waals surface area contributed by atoms with Crippen molar-refractivity contribution >= 4 is 12.0 Å². The summed E-state index contributed by atoms with van der Waals surface area (Å²) in [5, 5.41) is 14.5. The van der Waals surface area contributed by atoms with E-state index in [0.717, 1.165) is 42.7 Å². The lowest BCUT2D eigenvalue weighted by molar-refractivity contribution is -0.137. The SMILES string of the molecule is O=C(O)CCCNC(=O)NC1(c2ccc3c(c2)OCCO3)CCCC1. The second-order valence-corrected chi connectivity index (χ2v) is 6.53. The number of fused-ring (bicyclic) bond motifs is 1. The molecule has 1 heterocycles. The molecule has 0 unspecified atom stereocenters. The third-order valence-corrected chi connectivity index (χ3v) is 4.76. The minimum absolute atomic E-state index is 0.0492. The third kappa shape index (κ3) is 4.15. The molecule has 3 N–H and O–H groups in total. The Morgan fingerprint density at radius 3 is 2.56 bits per heavy atom. The number of ether oxygens (including phenoxy) is 2. The standard InChI is InChI=1S/C18H24N2O5/c21-16(22)4-3-9-19-17(23)20-18(7-1-2-8-18)13-5-6-14-15(12-13)25-11-10-24-14/h5-6,12H,1-4,7-11H2,(H,21,22)(H2,19,20,23). The summed E-state index contributed by atoms with van der Waals surface area (Å²) < 4.78 is 11.2. The maximum atomic E-state index is 12.3.